The van der Waals surface area contributed by atoms with Crippen LogP contribution in [0, 0.1) is 16.0 Å². The van der Waals surface area contributed by atoms with Gasteiger partial charge in [-0.3, -0.25) is 19.6 Å². The number of carbonyl (C=O) groups is 1. The summed E-state index contributed by atoms with van der Waals surface area (Å²) in [6.07, 6.45) is 0. The standard InChI is InChI=1S/C10H12N2O3S/c1-7(2)10(13)11-16-9-6-4-3-5-8(9)12(14)15/h3-7H,1-2H3,(H,11,13). The van der Waals surface area contributed by atoms with E-state index in [1.54, 1.807) is 32.0 Å². The average molecular weight is 240 g/mol. The maximum Gasteiger partial charge on any atom is 0.284 e. The van der Waals surface area contributed by atoms with E-state index in [4.69, 9.17) is 0 Å². The van der Waals surface area contributed by atoms with Crippen LogP contribution in [-0.2, 0) is 4.79 Å². The maximum absolute atomic E-state index is 11.3. The van der Waals surface area contributed by atoms with Gasteiger partial charge in [-0.05, 0) is 18.0 Å². The number of nitrogens with one attached hydrogen (secondary N) is 1. The zero-order valence-corrected chi connectivity index (χ0v) is 9.78. The maximum atomic E-state index is 11.3. The van der Waals surface area contributed by atoms with Gasteiger partial charge in [-0.1, -0.05) is 26.0 Å². The molecule has 0 aromatic heterocycles. The second-order valence-electron chi connectivity index (χ2n) is 3.45. The molecule has 1 rings (SSSR count). The van der Waals surface area contributed by atoms with Gasteiger partial charge in [0.15, 0.2) is 0 Å². The van der Waals surface area contributed by atoms with Gasteiger partial charge in [-0.15, -0.1) is 0 Å². The summed E-state index contributed by atoms with van der Waals surface area (Å²) in [5, 5.41) is 10.7. The van der Waals surface area contributed by atoms with Crippen molar-refractivity contribution in [1.82, 2.24) is 4.72 Å². The first kappa shape index (κ1) is 12.5. The minimum atomic E-state index is -0.468. The molecular formula is C10H12N2O3S. The molecule has 0 atom stereocenters. The number of para-hydroxylation sites is 1. The number of benzene rings is 1. The van der Waals surface area contributed by atoms with Crippen LogP contribution >= 0.6 is 11.9 Å². The molecule has 0 bridgehead atoms. The van der Waals surface area contributed by atoms with Crippen LogP contribution in [0.1, 0.15) is 13.8 Å². The Hall–Kier alpha value is -1.56. The van der Waals surface area contributed by atoms with E-state index in [2.05, 4.69) is 4.72 Å². The van der Waals surface area contributed by atoms with Crippen molar-refractivity contribution in [3.05, 3.63) is 34.4 Å². The molecule has 1 aromatic carbocycles. The molecule has 0 heterocycles. The van der Waals surface area contributed by atoms with Gasteiger partial charge in [0.1, 0.15) is 4.90 Å². The molecule has 0 aliphatic heterocycles. The van der Waals surface area contributed by atoms with Gasteiger partial charge in [0, 0.05) is 12.0 Å². The zero-order chi connectivity index (χ0) is 12.1. The summed E-state index contributed by atoms with van der Waals surface area (Å²) >= 11 is 0.971. The second-order valence-corrected chi connectivity index (χ2v) is 4.30. The molecule has 5 nitrogen and oxygen atoms in total. The van der Waals surface area contributed by atoms with Gasteiger partial charge in [-0.25, -0.2) is 0 Å². The average Bonchev–Trinajstić information content (AvgIpc) is 2.25. The minimum Gasteiger partial charge on any atom is -0.296 e. The summed E-state index contributed by atoms with van der Waals surface area (Å²) in [6.45, 7) is 3.52. The predicted molar refractivity (Wildman–Crippen MR) is 61.9 cm³/mol. The Morgan fingerprint density at radius 3 is 2.62 bits per heavy atom. The van der Waals surface area contributed by atoms with Crippen LogP contribution in [0.5, 0.6) is 0 Å². The summed E-state index contributed by atoms with van der Waals surface area (Å²) < 4.78 is 2.57. The van der Waals surface area contributed by atoms with Crippen molar-refractivity contribution in [2.75, 3.05) is 0 Å². The van der Waals surface area contributed by atoms with E-state index in [1.165, 1.54) is 6.07 Å². The van der Waals surface area contributed by atoms with Crippen molar-refractivity contribution >= 4 is 23.5 Å². The van der Waals surface area contributed by atoms with Crippen LogP contribution in [0.25, 0.3) is 0 Å². The summed E-state index contributed by atoms with van der Waals surface area (Å²) in [6, 6.07) is 6.29. The molecule has 0 fully saturated rings. The molecule has 1 amide bonds. The summed E-state index contributed by atoms with van der Waals surface area (Å²) in [4.78, 5) is 21.9. The second kappa shape index (κ2) is 5.50. The Kier molecular flexibility index (Phi) is 4.30. The van der Waals surface area contributed by atoms with Crippen molar-refractivity contribution in [1.29, 1.82) is 0 Å². The third kappa shape index (κ3) is 3.23. The van der Waals surface area contributed by atoms with Crippen molar-refractivity contribution in [2.45, 2.75) is 18.7 Å². The van der Waals surface area contributed by atoms with Crippen LogP contribution < -0.4 is 4.72 Å². The Labute approximate surface area is 97.5 Å². The summed E-state index contributed by atoms with van der Waals surface area (Å²) in [5.41, 5.74) is -0.00319. The molecule has 0 unspecified atom stereocenters. The van der Waals surface area contributed by atoms with E-state index in [9.17, 15) is 14.9 Å². The van der Waals surface area contributed by atoms with Crippen molar-refractivity contribution in [2.24, 2.45) is 5.92 Å². The molecule has 0 radical (unpaired) electrons. The number of amides is 1. The molecule has 0 aliphatic carbocycles. The van der Waals surface area contributed by atoms with Gasteiger partial charge in [0.25, 0.3) is 5.69 Å². The first-order valence-corrected chi connectivity index (χ1v) is 5.54. The fraction of sp³-hybridized carbons (Fsp3) is 0.300. The third-order valence-electron chi connectivity index (χ3n) is 1.85. The third-order valence-corrected chi connectivity index (χ3v) is 2.72. The summed E-state index contributed by atoms with van der Waals surface area (Å²) in [5.74, 6) is -0.293. The van der Waals surface area contributed by atoms with E-state index in [-0.39, 0.29) is 17.5 Å². The highest BCUT2D eigenvalue weighted by molar-refractivity contribution is 7.98. The highest BCUT2D eigenvalue weighted by Gasteiger charge is 2.14. The lowest BCUT2D eigenvalue weighted by atomic mass is 10.2. The number of nitrogens with zero attached hydrogens (tertiary/aromatic N) is 1. The fourth-order valence-corrected chi connectivity index (χ4v) is 1.76. The number of hydrogen-bond donors (Lipinski definition) is 1. The molecule has 86 valence electrons. The van der Waals surface area contributed by atoms with Crippen molar-refractivity contribution in [3.63, 3.8) is 0 Å². The molecule has 0 aliphatic rings. The topological polar surface area (TPSA) is 72.2 Å². The molecule has 0 spiro atoms. The van der Waals surface area contributed by atoms with Gasteiger partial charge < -0.3 is 0 Å². The molecule has 1 N–H and O–H groups in total. The first-order valence-electron chi connectivity index (χ1n) is 4.72. The lowest BCUT2D eigenvalue weighted by Crippen LogP contribution is -2.21. The zero-order valence-electron chi connectivity index (χ0n) is 8.97. The van der Waals surface area contributed by atoms with Crippen LogP contribution in [0.15, 0.2) is 29.2 Å². The fourth-order valence-electron chi connectivity index (χ4n) is 0.917. The van der Waals surface area contributed by atoms with E-state index in [0.717, 1.165) is 11.9 Å². The van der Waals surface area contributed by atoms with Gasteiger partial charge in [0.05, 0.1) is 4.92 Å². The molecular weight excluding hydrogens is 228 g/mol. The van der Waals surface area contributed by atoms with Crippen LogP contribution in [-0.4, -0.2) is 10.8 Å². The minimum absolute atomic E-state index is 0.00319. The van der Waals surface area contributed by atoms with Crippen LogP contribution in [0.4, 0.5) is 5.69 Å². The lowest BCUT2D eigenvalue weighted by molar-refractivity contribution is -0.387. The van der Waals surface area contributed by atoms with Crippen molar-refractivity contribution < 1.29 is 9.72 Å². The lowest BCUT2D eigenvalue weighted by Gasteiger charge is -2.06. The highest BCUT2D eigenvalue weighted by Crippen LogP contribution is 2.26. The first-order chi connectivity index (χ1) is 7.52. The number of nitro groups is 1. The number of hydrogen-bond acceptors (Lipinski definition) is 4. The molecule has 0 saturated carbocycles. The highest BCUT2D eigenvalue weighted by atomic mass is 32.2. The van der Waals surface area contributed by atoms with E-state index < -0.39 is 4.92 Å². The molecule has 6 heteroatoms. The molecule has 1 aromatic rings. The Balaban J connectivity index is 2.74. The van der Waals surface area contributed by atoms with Gasteiger partial charge in [0.2, 0.25) is 5.91 Å². The monoisotopic (exact) mass is 240 g/mol. The van der Waals surface area contributed by atoms with Crippen LogP contribution in [0.2, 0.25) is 0 Å². The van der Waals surface area contributed by atoms with E-state index in [1.807, 2.05) is 0 Å². The SMILES string of the molecule is CC(C)C(=O)NSc1ccccc1[N+](=O)[O-]. The van der Waals surface area contributed by atoms with E-state index in [0.29, 0.717) is 4.90 Å². The molecule has 0 saturated heterocycles. The van der Waals surface area contributed by atoms with Crippen LogP contribution in [0.3, 0.4) is 0 Å². The summed E-state index contributed by atoms with van der Waals surface area (Å²) in [7, 11) is 0. The number of carbonyl (C=O) groups excluding carboxylic acids is 1. The van der Waals surface area contributed by atoms with Gasteiger partial charge in [-0.2, -0.15) is 0 Å². The smallest absolute Gasteiger partial charge is 0.284 e. The Morgan fingerprint density at radius 1 is 1.44 bits per heavy atom. The van der Waals surface area contributed by atoms with Gasteiger partial charge >= 0.3 is 0 Å². The predicted octanol–water partition coefficient (Wildman–Crippen LogP) is 2.37. The Morgan fingerprint density at radius 2 is 2.06 bits per heavy atom. The number of rotatable bonds is 4. The normalized spacial score (nSPS) is 10.2. The quantitative estimate of drug-likeness (QED) is 0.498. The molecule has 16 heavy (non-hydrogen) atoms. The largest absolute Gasteiger partial charge is 0.296 e. The number of nitro benzene ring substituents is 1. The Bertz CT molecular complexity index is 407. The van der Waals surface area contributed by atoms with E-state index >= 15 is 0 Å². The van der Waals surface area contributed by atoms with Crippen molar-refractivity contribution in [3.8, 4) is 0 Å².